The Labute approximate surface area is 147 Å². The van der Waals surface area contributed by atoms with Crippen molar-refractivity contribution in [2.75, 3.05) is 13.7 Å². The highest BCUT2D eigenvalue weighted by molar-refractivity contribution is 5.60. The number of methoxy groups -OCH3 is 1. The van der Waals surface area contributed by atoms with Crippen LogP contribution in [-0.4, -0.2) is 28.9 Å². The zero-order chi connectivity index (χ0) is 17.6. The highest BCUT2D eigenvalue weighted by atomic mass is 16.5. The topological polar surface area (TPSA) is 86.0 Å². The summed E-state index contributed by atoms with van der Waals surface area (Å²) in [5, 5.41) is 7.23. The smallest absolute Gasteiger partial charge is 0.181 e. The number of benzene rings is 2. The van der Waals surface area contributed by atoms with Crippen molar-refractivity contribution in [2.45, 2.75) is 19.4 Å². The molecule has 1 unspecified atom stereocenters. The van der Waals surface area contributed by atoms with E-state index in [0.717, 1.165) is 11.1 Å². The molecule has 3 aromatic rings. The van der Waals surface area contributed by atoms with E-state index in [1.807, 2.05) is 43.3 Å². The third-order valence-electron chi connectivity index (χ3n) is 3.87. The molecule has 3 N–H and O–H groups in total. The van der Waals surface area contributed by atoms with Gasteiger partial charge in [-0.05, 0) is 37.1 Å². The number of hydrogen-bond donors (Lipinski definition) is 2. The van der Waals surface area contributed by atoms with Gasteiger partial charge in [0.2, 0.25) is 0 Å². The van der Waals surface area contributed by atoms with Crippen LogP contribution >= 0.6 is 0 Å². The van der Waals surface area contributed by atoms with Crippen LogP contribution in [0.2, 0.25) is 0 Å². The number of rotatable bonds is 7. The van der Waals surface area contributed by atoms with Crippen molar-refractivity contribution < 1.29 is 9.47 Å². The molecular weight excluding hydrogens is 316 g/mol. The maximum absolute atomic E-state index is 6.26. The predicted octanol–water partition coefficient (Wildman–Crippen LogP) is 3.12. The van der Waals surface area contributed by atoms with E-state index in [-0.39, 0.29) is 6.04 Å². The van der Waals surface area contributed by atoms with Gasteiger partial charge < -0.3 is 15.2 Å². The van der Waals surface area contributed by atoms with Crippen LogP contribution in [0.4, 0.5) is 0 Å². The molecular formula is C19H22N4O2. The first-order valence-electron chi connectivity index (χ1n) is 8.24. The maximum Gasteiger partial charge on any atom is 0.181 e. The summed E-state index contributed by atoms with van der Waals surface area (Å²) in [6.07, 6.45) is 0.697. The lowest BCUT2D eigenvalue weighted by atomic mass is 10.1. The largest absolute Gasteiger partial charge is 0.493 e. The van der Waals surface area contributed by atoms with E-state index in [1.54, 1.807) is 7.11 Å². The molecule has 0 bridgehead atoms. The summed E-state index contributed by atoms with van der Waals surface area (Å²) >= 11 is 0. The summed E-state index contributed by atoms with van der Waals surface area (Å²) in [7, 11) is 1.61. The van der Waals surface area contributed by atoms with Gasteiger partial charge in [-0.3, -0.25) is 5.10 Å². The van der Waals surface area contributed by atoms with Crippen LogP contribution in [0.1, 0.15) is 24.4 Å². The van der Waals surface area contributed by atoms with E-state index >= 15 is 0 Å². The second kappa shape index (κ2) is 7.81. The fourth-order valence-electron chi connectivity index (χ4n) is 2.62. The Hall–Kier alpha value is -2.86. The number of nitrogens with two attached hydrogens (primary N) is 1. The molecule has 130 valence electrons. The van der Waals surface area contributed by atoms with Crippen LogP contribution in [0.15, 0.2) is 48.5 Å². The van der Waals surface area contributed by atoms with Gasteiger partial charge in [0.1, 0.15) is 5.82 Å². The highest BCUT2D eigenvalue weighted by Gasteiger charge is 2.15. The lowest BCUT2D eigenvalue weighted by molar-refractivity contribution is 0.311. The molecule has 1 atom stereocenters. The number of hydrogen-bond acceptors (Lipinski definition) is 5. The molecule has 6 heteroatoms. The van der Waals surface area contributed by atoms with Gasteiger partial charge in [0.15, 0.2) is 17.3 Å². The van der Waals surface area contributed by atoms with Gasteiger partial charge in [0.25, 0.3) is 0 Å². The molecule has 1 aromatic heterocycles. The van der Waals surface area contributed by atoms with E-state index in [9.17, 15) is 0 Å². The molecule has 6 nitrogen and oxygen atoms in total. The van der Waals surface area contributed by atoms with Crippen LogP contribution in [-0.2, 0) is 6.42 Å². The molecule has 0 spiro atoms. The molecule has 0 radical (unpaired) electrons. The number of aromatic amines is 1. The SMILES string of the molecule is CCOc1ccc(-c2n[nH]c(C(N)Cc3ccccc3)n2)cc1OC. The summed E-state index contributed by atoms with van der Waals surface area (Å²) in [6, 6.07) is 15.5. The van der Waals surface area contributed by atoms with Crippen molar-refractivity contribution in [3.63, 3.8) is 0 Å². The first-order valence-corrected chi connectivity index (χ1v) is 8.24. The number of ether oxygens (including phenoxy) is 2. The number of H-pyrrole nitrogens is 1. The average molecular weight is 338 g/mol. The Morgan fingerprint density at radius 3 is 2.64 bits per heavy atom. The summed E-state index contributed by atoms with van der Waals surface area (Å²) in [5.41, 5.74) is 8.26. The van der Waals surface area contributed by atoms with Crippen molar-refractivity contribution in [3.05, 3.63) is 59.9 Å². The average Bonchev–Trinajstić information content (AvgIpc) is 3.13. The van der Waals surface area contributed by atoms with Crippen LogP contribution in [0.25, 0.3) is 11.4 Å². The van der Waals surface area contributed by atoms with Gasteiger partial charge in [-0.1, -0.05) is 30.3 Å². The predicted molar refractivity (Wildman–Crippen MR) is 96.6 cm³/mol. The Morgan fingerprint density at radius 1 is 1.12 bits per heavy atom. The van der Waals surface area contributed by atoms with E-state index in [0.29, 0.717) is 36.2 Å². The van der Waals surface area contributed by atoms with E-state index in [2.05, 4.69) is 27.3 Å². The first-order chi connectivity index (χ1) is 12.2. The van der Waals surface area contributed by atoms with Gasteiger partial charge in [-0.15, -0.1) is 0 Å². The molecule has 0 saturated heterocycles. The molecule has 25 heavy (non-hydrogen) atoms. The monoisotopic (exact) mass is 338 g/mol. The first kappa shape index (κ1) is 17.0. The van der Waals surface area contributed by atoms with Crippen LogP contribution in [0, 0.1) is 0 Å². The molecule has 0 aliphatic rings. The number of aromatic nitrogens is 3. The third kappa shape index (κ3) is 3.97. The van der Waals surface area contributed by atoms with Gasteiger partial charge in [-0.25, -0.2) is 4.98 Å². The van der Waals surface area contributed by atoms with Gasteiger partial charge >= 0.3 is 0 Å². The molecule has 0 saturated carbocycles. The molecule has 0 fully saturated rings. The third-order valence-corrected chi connectivity index (χ3v) is 3.87. The second-order valence-electron chi connectivity index (χ2n) is 5.64. The van der Waals surface area contributed by atoms with Crippen LogP contribution in [0.5, 0.6) is 11.5 Å². The Bertz CT molecular complexity index is 817. The standard InChI is InChI=1S/C19H22N4O2/c1-3-25-16-10-9-14(12-17(16)24-2)18-21-19(23-22-18)15(20)11-13-7-5-4-6-8-13/h4-10,12,15H,3,11,20H2,1-2H3,(H,21,22,23). The summed E-state index contributed by atoms with van der Waals surface area (Å²) in [4.78, 5) is 4.54. The molecule has 0 aliphatic carbocycles. The van der Waals surface area contributed by atoms with Gasteiger partial charge in [-0.2, -0.15) is 5.10 Å². The normalized spacial score (nSPS) is 12.0. The van der Waals surface area contributed by atoms with Crippen molar-refractivity contribution >= 4 is 0 Å². The Morgan fingerprint density at radius 2 is 1.92 bits per heavy atom. The Balaban J connectivity index is 1.79. The number of nitrogens with zero attached hydrogens (tertiary/aromatic N) is 2. The Kier molecular flexibility index (Phi) is 5.30. The van der Waals surface area contributed by atoms with E-state index in [4.69, 9.17) is 15.2 Å². The van der Waals surface area contributed by atoms with E-state index < -0.39 is 0 Å². The minimum absolute atomic E-state index is 0.242. The minimum atomic E-state index is -0.242. The molecule has 0 amide bonds. The fraction of sp³-hybridized carbons (Fsp3) is 0.263. The fourth-order valence-corrected chi connectivity index (χ4v) is 2.62. The van der Waals surface area contributed by atoms with Gasteiger partial charge in [0.05, 0.1) is 19.8 Å². The quantitative estimate of drug-likeness (QED) is 0.691. The van der Waals surface area contributed by atoms with Crippen molar-refractivity contribution in [3.8, 4) is 22.9 Å². The summed E-state index contributed by atoms with van der Waals surface area (Å²) in [5.74, 6) is 2.59. The lowest BCUT2D eigenvalue weighted by Crippen LogP contribution is -2.15. The lowest BCUT2D eigenvalue weighted by Gasteiger charge is -2.10. The molecule has 3 rings (SSSR count). The molecule has 1 heterocycles. The zero-order valence-corrected chi connectivity index (χ0v) is 14.4. The summed E-state index contributed by atoms with van der Waals surface area (Å²) < 4.78 is 10.9. The zero-order valence-electron chi connectivity index (χ0n) is 14.4. The van der Waals surface area contributed by atoms with Crippen LogP contribution < -0.4 is 15.2 Å². The maximum atomic E-state index is 6.26. The van der Waals surface area contributed by atoms with E-state index in [1.165, 1.54) is 0 Å². The van der Waals surface area contributed by atoms with Crippen molar-refractivity contribution in [2.24, 2.45) is 5.73 Å². The molecule has 2 aromatic carbocycles. The van der Waals surface area contributed by atoms with Crippen molar-refractivity contribution in [1.29, 1.82) is 0 Å². The molecule has 0 aliphatic heterocycles. The second-order valence-corrected chi connectivity index (χ2v) is 5.64. The number of nitrogens with one attached hydrogen (secondary N) is 1. The van der Waals surface area contributed by atoms with Crippen molar-refractivity contribution in [1.82, 2.24) is 15.2 Å². The minimum Gasteiger partial charge on any atom is -0.493 e. The van der Waals surface area contributed by atoms with Gasteiger partial charge in [0, 0.05) is 5.56 Å². The summed E-state index contributed by atoms with van der Waals surface area (Å²) in [6.45, 7) is 2.51. The van der Waals surface area contributed by atoms with Crippen LogP contribution in [0.3, 0.4) is 0 Å². The highest BCUT2D eigenvalue weighted by Crippen LogP contribution is 2.31.